The predicted octanol–water partition coefficient (Wildman–Crippen LogP) is 2.28. The van der Waals surface area contributed by atoms with Crippen molar-refractivity contribution < 1.29 is 9.18 Å². The number of hydrogen-bond acceptors (Lipinski definition) is 3. The van der Waals surface area contributed by atoms with Crippen molar-refractivity contribution in [1.82, 2.24) is 15.1 Å². The van der Waals surface area contributed by atoms with Crippen LogP contribution >= 0.6 is 0 Å². The lowest BCUT2D eigenvalue weighted by molar-refractivity contribution is -0.123. The highest BCUT2D eigenvalue weighted by Gasteiger charge is 2.20. The number of nitrogens with one attached hydrogen (secondary N) is 1. The highest BCUT2D eigenvalue weighted by molar-refractivity contribution is 5.78. The Labute approximate surface area is 138 Å². The lowest BCUT2D eigenvalue weighted by atomic mass is 10.1. The van der Waals surface area contributed by atoms with Crippen molar-refractivity contribution in [2.45, 2.75) is 26.8 Å². The molecule has 0 saturated carbocycles. The molecule has 1 aliphatic rings. The highest BCUT2D eigenvalue weighted by atomic mass is 19.1. The molecule has 0 spiro atoms. The normalized spacial score (nSPS) is 18.1. The Morgan fingerprint density at radius 1 is 1.09 bits per heavy atom. The Kier molecular flexibility index (Phi) is 6.54. The quantitative estimate of drug-likeness (QED) is 0.873. The molecule has 1 saturated heterocycles. The molecular formula is C18H28FN3O. The lowest BCUT2D eigenvalue weighted by Gasteiger charge is -2.35. The molecule has 1 amide bonds. The van der Waals surface area contributed by atoms with E-state index in [4.69, 9.17) is 0 Å². The molecular weight excluding hydrogens is 293 g/mol. The van der Waals surface area contributed by atoms with Crippen molar-refractivity contribution in [3.8, 4) is 0 Å². The summed E-state index contributed by atoms with van der Waals surface area (Å²) in [6.07, 6.45) is 0. The molecule has 23 heavy (non-hydrogen) atoms. The molecule has 1 heterocycles. The molecule has 1 aromatic rings. The van der Waals surface area contributed by atoms with Crippen LogP contribution in [0.4, 0.5) is 4.39 Å². The lowest BCUT2D eigenvalue weighted by Crippen LogP contribution is -2.50. The third-order valence-corrected chi connectivity index (χ3v) is 4.20. The minimum Gasteiger partial charge on any atom is -0.348 e. The highest BCUT2D eigenvalue weighted by Crippen LogP contribution is 2.13. The SMILES string of the molecule is CC(C)CN1CCN(CC(=O)NC(C)c2ccc(F)cc2)CC1. The first-order valence-electron chi connectivity index (χ1n) is 8.43. The van der Waals surface area contributed by atoms with Gasteiger partial charge in [-0.2, -0.15) is 0 Å². The van der Waals surface area contributed by atoms with Gasteiger partial charge in [-0.05, 0) is 30.5 Å². The van der Waals surface area contributed by atoms with Crippen LogP contribution in [0, 0.1) is 11.7 Å². The fourth-order valence-corrected chi connectivity index (χ4v) is 2.97. The van der Waals surface area contributed by atoms with E-state index in [2.05, 4.69) is 29.0 Å². The van der Waals surface area contributed by atoms with Gasteiger partial charge in [0.1, 0.15) is 5.82 Å². The number of nitrogens with zero attached hydrogens (tertiary/aromatic N) is 2. The maximum Gasteiger partial charge on any atom is 0.234 e. The zero-order chi connectivity index (χ0) is 16.8. The van der Waals surface area contributed by atoms with Crippen LogP contribution in [0.5, 0.6) is 0 Å². The molecule has 5 heteroatoms. The molecule has 128 valence electrons. The molecule has 0 radical (unpaired) electrons. The van der Waals surface area contributed by atoms with E-state index in [1.165, 1.54) is 12.1 Å². The van der Waals surface area contributed by atoms with Gasteiger partial charge in [0.05, 0.1) is 12.6 Å². The molecule has 0 bridgehead atoms. The largest absolute Gasteiger partial charge is 0.348 e. The minimum atomic E-state index is -0.258. The van der Waals surface area contributed by atoms with Crippen molar-refractivity contribution in [2.24, 2.45) is 5.92 Å². The number of benzene rings is 1. The minimum absolute atomic E-state index is 0.0270. The first-order valence-corrected chi connectivity index (χ1v) is 8.43. The van der Waals surface area contributed by atoms with Crippen molar-refractivity contribution in [3.63, 3.8) is 0 Å². The van der Waals surface area contributed by atoms with E-state index >= 15 is 0 Å². The Morgan fingerprint density at radius 3 is 2.22 bits per heavy atom. The van der Waals surface area contributed by atoms with Gasteiger partial charge in [0, 0.05) is 32.7 Å². The molecule has 0 aliphatic carbocycles. The summed E-state index contributed by atoms with van der Waals surface area (Å²) in [7, 11) is 0. The molecule has 4 nitrogen and oxygen atoms in total. The average Bonchev–Trinajstić information content (AvgIpc) is 2.49. The zero-order valence-corrected chi connectivity index (χ0v) is 14.4. The maximum absolute atomic E-state index is 12.9. The van der Waals surface area contributed by atoms with E-state index in [0.29, 0.717) is 12.5 Å². The number of rotatable bonds is 6. The van der Waals surface area contributed by atoms with Crippen LogP contribution in [0.15, 0.2) is 24.3 Å². The molecule has 1 aromatic carbocycles. The van der Waals surface area contributed by atoms with E-state index in [-0.39, 0.29) is 17.8 Å². The number of amides is 1. The molecule has 0 aromatic heterocycles. The Bertz CT molecular complexity index is 495. The molecule has 1 atom stereocenters. The smallest absolute Gasteiger partial charge is 0.234 e. The van der Waals surface area contributed by atoms with Crippen LogP contribution in [0.3, 0.4) is 0 Å². The van der Waals surface area contributed by atoms with Crippen molar-refractivity contribution in [3.05, 3.63) is 35.6 Å². The summed E-state index contributed by atoms with van der Waals surface area (Å²) >= 11 is 0. The number of carbonyl (C=O) groups is 1. The van der Waals surface area contributed by atoms with Crippen LogP contribution < -0.4 is 5.32 Å². The van der Waals surface area contributed by atoms with Crippen LogP contribution in [0.1, 0.15) is 32.4 Å². The molecule has 2 rings (SSSR count). The Morgan fingerprint density at radius 2 is 1.65 bits per heavy atom. The van der Waals surface area contributed by atoms with E-state index in [9.17, 15) is 9.18 Å². The standard InChI is InChI=1S/C18H28FN3O/c1-14(2)12-21-8-10-22(11-9-21)13-18(23)20-15(3)16-4-6-17(19)7-5-16/h4-7,14-15H,8-13H2,1-3H3,(H,20,23). The van der Waals surface area contributed by atoms with Gasteiger partial charge >= 0.3 is 0 Å². The van der Waals surface area contributed by atoms with Gasteiger partial charge in [0.2, 0.25) is 5.91 Å². The summed E-state index contributed by atoms with van der Waals surface area (Å²) in [4.78, 5) is 16.8. The fourth-order valence-electron chi connectivity index (χ4n) is 2.97. The first-order chi connectivity index (χ1) is 10.9. The summed E-state index contributed by atoms with van der Waals surface area (Å²) in [5.74, 6) is 0.451. The summed E-state index contributed by atoms with van der Waals surface area (Å²) in [6, 6.07) is 6.17. The van der Waals surface area contributed by atoms with Crippen LogP contribution in [-0.4, -0.2) is 55.0 Å². The Balaban J connectivity index is 1.74. The third-order valence-electron chi connectivity index (χ3n) is 4.20. The van der Waals surface area contributed by atoms with Crippen molar-refractivity contribution >= 4 is 5.91 Å². The summed E-state index contributed by atoms with van der Waals surface area (Å²) in [5, 5.41) is 2.99. The van der Waals surface area contributed by atoms with Gasteiger partial charge in [-0.25, -0.2) is 4.39 Å². The van der Waals surface area contributed by atoms with E-state index in [1.807, 2.05) is 6.92 Å². The molecule has 1 fully saturated rings. The number of halogens is 1. The van der Waals surface area contributed by atoms with E-state index < -0.39 is 0 Å². The third kappa shape index (κ3) is 5.92. The van der Waals surface area contributed by atoms with Gasteiger partial charge < -0.3 is 10.2 Å². The topological polar surface area (TPSA) is 35.6 Å². The van der Waals surface area contributed by atoms with Crippen LogP contribution in [0.25, 0.3) is 0 Å². The molecule has 1 unspecified atom stereocenters. The van der Waals surface area contributed by atoms with Gasteiger partial charge in [0.25, 0.3) is 0 Å². The second kappa shape index (κ2) is 8.41. The first kappa shape index (κ1) is 17.9. The predicted molar refractivity (Wildman–Crippen MR) is 90.7 cm³/mol. The summed E-state index contributed by atoms with van der Waals surface area (Å²) < 4.78 is 12.9. The second-order valence-electron chi connectivity index (χ2n) is 6.81. The second-order valence-corrected chi connectivity index (χ2v) is 6.81. The fraction of sp³-hybridized carbons (Fsp3) is 0.611. The Hall–Kier alpha value is -1.46. The monoisotopic (exact) mass is 321 g/mol. The summed E-state index contributed by atoms with van der Waals surface area (Å²) in [5.41, 5.74) is 0.918. The number of hydrogen-bond donors (Lipinski definition) is 1. The van der Waals surface area contributed by atoms with Crippen LogP contribution in [0.2, 0.25) is 0 Å². The van der Waals surface area contributed by atoms with E-state index in [1.54, 1.807) is 12.1 Å². The number of carbonyl (C=O) groups excluding carboxylic acids is 1. The van der Waals surface area contributed by atoms with Crippen LogP contribution in [-0.2, 0) is 4.79 Å². The van der Waals surface area contributed by atoms with Crippen molar-refractivity contribution in [1.29, 1.82) is 0 Å². The van der Waals surface area contributed by atoms with E-state index in [0.717, 1.165) is 38.3 Å². The van der Waals surface area contributed by atoms with Gasteiger partial charge in [-0.15, -0.1) is 0 Å². The average molecular weight is 321 g/mol. The van der Waals surface area contributed by atoms with Gasteiger partial charge in [-0.1, -0.05) is 26.0 Å². The van der Waals surface area contributed by atoms with Crippen molar-refractivity contribution in [2.75, 3.05) is 39.3 Å². The van der Waals surface area contributed by atoms with Gasteiger partial charge in [0.15, 0.2) is 0 Å². The number of piperazine rings is 1. The zero-order valence-electron chi connectivity index (χ0n) is 14.4. The maximum atomic E-state index is 12.9. The molecule has 1 N–H and O–H groups in total. The molecule has 1 aliphatic heterocycles. The van der Waals surface area contributed by atoms with Gasteiger partial charge in [-0.3, -0.25) is 9.69 Å². The summed E-state index contributed by atoms with van der Waals surface area (Å²) in [6.45, 7) is 11.9.